The molecule has 1 aliphatic rings. The van der Waals surface area contributed by atoms with Crippen molar-refractivity contribution in [2.24, 2.45) is 11.7 Å². The lowest BCUT2D eigenvalue weighted by Gasteiger charge is -2.34. The smallest absolute Gasteiger partial charge is 0.311 e. The summed E-state index contributed by atoms with van der Waals surface area (Å²) in [5.41, 5.74) is 5.67. The van der Waals surface area contributed by atoms with E-state index in [2.05, 4.69) is 0 Å². The molecule has 0 aromatic heterocycles. The number of ether oxygens (including phenoxy) is 1. The summed E-state index contributed by atoms with van der Waals surface area (Å²) in [5.74, 6) is -2.00. The average molecular weight is 292 g/mol. The van der Waals surface area contributed by atoms with E-state index in [1.54, 1.807) is 26.1 Å². The van der Waals surface area contributed by atoms with Gasteiger partial charge in [-0.1, -0.05) is 30.3 Å². The van der Waals surface area contributed by atoms with Crippen LogP contribution in [0.25, 0.3) is 0 Å². The molecular weight excluding hydrogens is 272 g/mol. The third kappa shape index (κ3) is 2.91. The predicted molar refractivity (Wildman–Crippen MR) is 76.5 cm³/mol. The Morgan fingerprint density at radius 2 is 1.95 bits per heavy atom. The van der Waals surface area contributed by atoms with Gasteiger partial charge in [-0.15, -0.1) is 0 Å². The molecule has 2 rings (SSSR count). The van der Waals surface area contributed by atoms with Crippen LogP contribution in [0.1, 0.15) is 12.5 Å². The SMILES string of the molecule is CN(C(=O)C(C)(N)c1ccccc1)C1COCC1C(=O)O. The summed E-state index contributed by atoms with van der Waals surface area (Å²) in [5, 5.41) is 9.18. The second-order valence-corrected chi connectivity index (χ2v) is 5.53. The van der Waals surface area contributed by atoms with Crippen LogP contribution in [0.5, 0.6) is 0 Å². The maximum absolute atomic E-state index is 12.7. The summed E-state index contributed by atoms with van der Waals surface area (Å²) in [6, 6.07) is 8.54. The summed E-state index contributed by atoms with van der Waals surface area (Å²) in [6.45, 7) is 1.96. The highest BCUT2D eigenvalue weighted by molar-refractivity contribution is 5.87. The largest absolute Gasteiger partial charge is 0.481 e. The van der Waals surface area contributed by atoms with Crippen molar-refractivity contribution in [1.82, 2.24) is 4.90 Å². The molecule has 0 radical (unpaired) electrons. The molecule has 1 fully saturated rings. The van der Waals surface area contributed by atoms with E-state index in [0.717, 1.165) is 0 Å². The molecule has 6 nitrogen and oxygen atoms in total. The zero-order valence-electron chi connectivity index (χ0n) is 12.2. The molecule has 1 aliphatic heterocycles. The minimum atomic E-state index is -1.21. The number of amides is 1. The number of nitrogens with two attached hydrogens (primary N) is 1. The number of benzene rings is 1. The number of aliphatic carboxylic acids is 1. The molecule has 114 valence electrons. The fraction of sp³-hybridized carbons (Fsp3) is 0.467. The van der Waals surface area contributed by atoms with Gasteiger partial charge in [-0.05, 0) is 12.5 Å². The quantitative estimate of drug-likeness (QED) is 0.839. The Morgan fingerprint density at radius 1 is 1.33 bits per heavy atom. The fourth-order valence-electron chi connectivity index (χ4n) is 2.59. The minimum Gasteiger partial charge on any atom is -0.481 e. The van der Waals surface area contributed by atoms with Crippen molar-refractivity contribution in [3.05, 3.63) is 35.9 Å². The van der Waals surface area contributed by atoms with E-state index < -0.39 is 23.5 Å². The Hall–Kier alpha value is -1.92. The van der Waals surface area contributed by atoms with Gasteiger partial charge < -0.3 is 20.5 Å². The molecule has 3 unspecified atom stereocenters. The Labute approximate surface area is 123 Å². The van der Waals surface area contributed by atoms with Crippen molar-refractivity contribution in [3.63, 3.8) is 0 Å². The van der Waals surface area contributed by atoms with Crippen LogP contribution in [0.3, 0.4) is 0 Å². The number of carboxylic acids is 1. The second kappa shape index (κ2) is 5.83. The lowest BCUT2D eigenvalue weighted by Crippen LogP contribution is -2.54. The summed E-state index contributed by atoms with van der Waals surface area (Å²) in [6.07, 6.45) is 0. The lowest BCUT2D eigenvalue weighted by atomic mass is 9.90. The standard InChI is InChI=1S/C15H20N2O4/c1-15(16,10-6-4-3-5-7-10)14(20)17(2)12-9-21-8-11(12)13(18)19/h3-7,11-12H,8-9,16H2,1-2H3,(H,18,19). The van der Waals surface area contributed by atoms with E-state index in [-0.39, 0.29) is 19.1 Å². The molecule has 1 saturated heterocycles. The van der Waals surface area contributed by atoms with Crippen molar-refractivity contribution < 1.29 is 19.4 Å². The summed E-state index contributed by atoms with van der Waals surface area (Å²) in [7, 11) is 1.58. The van der Waals surface area contributed by atoms with Crippen molar-refractivity contribution in [2.45, 2.75) is 18.5 Å². The van der Waals surface area contributed by atoms with Gasteiger partial charge in [0.25, 0.3) is 0 Å². The van der Waals surface area contributed by atoms with Crippen molar-refractivity contribution in [1.29, 1.82) is 0 Å². The Balaban J connectivity index is 2.21. The second-order valence-electron chi connectivity index (χ2n) is 5.53. The summed E-state index contributed by atoms with van der Waals surface area (Å²) in [4.78, 5) is 25.3. The lowest BCUT2D eigenvalue weighted by molar-refractivity contribution is -0.145. The van der Waals surface area contributed by atoms with E-state index in [1.165, 1.54) is 4.90 Å². The number of carboxylic acid groups (broad SMARTS) is 1. The number of hydrogen-bond donors (Lipinski definition) is 2. The van der Waals surface area contributed by atoms with Gasteiger partial charge in [-0.25, -0.2) is 0 Å². The molecule has 6 heteroatoms. The zero-order valence-corrected chi connectivity index (χ0v) is 12.2. The first kappa shape index (κ1) is 15.5. The highest BCUT2D eigenvalue weighted by Crippen LogP contribution is 2.25. The van der Waals surface area contributed by atoms with Crippen LogP contribution >= 0.6 is 0 Å². The van der Waals surface area contributed by atoms with Crippen molar-refractivity contribution in [3.8, 4) is 0 Å². The minimum absolute atomic E-state index is 0.115. The number of likely N-dealkylation sites (N-methyl/N-ethyl adjacent to an activating group) is 1. The fourth-order valence-corrected chi connectivity index (χ4v) is 2.59. The predicted octanol–water partition coefficient (Wildman–Crippen LogP) is 0.419. The van der Waals surface area contributed by atoms with Crippen LogP contribution in [-0.2, 0) is 19.9 Å². The molecule has 1 aromatic carbocycles. The van der Waals surface area contributed by atoms with Crippen LogP contribution in [0.4, 0.5) is 0 Å². The Kier molecular flexibility index (Phi) is 4.29. The van der Waals surface area contributed by atoms with Gasteiger partial charge in [-0.2, -0.15) is 0 Å². The molecule has 0 aliphatic carbocycles. The van der Waals surface area contributed by atoms with Crippen LogP contribution in [-0.4, -0.2) is 48.2 Å². The van der Waals surface area contributed by atoms with E-state index in [1.807, 2.05) is 18.2 Å². The summed E-state index contributed by atoms with van der Waals surface area (Å²) >= 11 is 0. The first-order valence-electron chi connectivity index (χ1n) is 6.78. The highest BCUT2D eigenvalue weighted by Gasteiger charge is 2.42. The summed E-state index contributed by atoms with van der Waals surface area (Å²) < 4.78 is 5.21. The Bertz CT molecular complexity index is 530. The van der Waals surface area contributed by atoms with Gasteiger partial charge in [0, 0.05) is 7.05 Å². The number of nitrogens with zero attached hydrogens (tertiary/aromatic N) is 1. The van der Waals surface area contributed by atoms with Gasteiger partial charge in [-0.3, -0.25) is 9.59 Å². The normalized spacial score (nSPS) is 24.3. The number of carbonyl (C=O) groups is 2. The van der Waals surface area contributed by atoms with E-state index in [4.69, 9.17) is 10.5 Å². The topological polar surface area (TPSA) is 92.9 Å². The third-order valence-electron chi connectivity index (χ3n) is 4.00. The number of rotatable bonds is 4. The van der Waals surface area contributed by atoms with Gasteiger partial charge in [0.05, 0.1) is 19.3 Å². The molecule has 0 bridgehead atoms. The van der Waals surface area contributed by atoms with E-state index in [9.17, 15) is 14.7 Å². The molecule has 0 spiro atoms. The van der Waals surface area contributed by atoms with Gasteiger partial charge >= 0.3 is 5.97 Å². The van der Waals surface area contributed by atoms with Gasteiger partial charge in [0.2, 0.25) is 5.91 Å². The van der Waals surface area contributed by atoms with Crippen LogP contribution < -0.4 is 5.73 Å². The molecule has 1 aromatic rings. The first-order valence-corrected chi connectivity index (χ1v) is 6.78. The maximum Gasteiger partial charge on any atom is 0.311 e. The maximum atomic E-state index is 12.7. The van der Waals surface area contributed by atoms with Crippen LogP contribution in [0.2, 0.25) is 0 Å². The molecule has 0 saturated carbocycles. The van der Waals surface area contributed by atoms with Crippen molar-refractivity contribution >= 4 is 11.9 Å². The highest BCUT2D eigenvalue weighted by atomic mass is 16.5. The Morgan fingerprint density at radius 3 is 2.52 bits per heavy atom. The first-order chi connectivity index (χ1) is 9.85. The average Bonchev–Trinajstić information content (AvgIpc) is 2.96. The monoisotopic (exact) mass is 292 g/mol. The van der Waals surface area contributed by atoms with Gasteiger partial charge in [0.1, 0.15) is 11.5 Å². The molecule has 21 heavy (non-hydrogen) atoms. The third-order valence-corrected chi connectivity index (χ3v) is 4.00. The van der Waals surface area contributed by atoms with Gasteiger partial charge in [0.15, 0.2) is 0 Å². The zero-order chi connectivity index (χ0) is 15.6. The van der Waals surface area contributed by atoms with Crippen LogP contribution in [0.15, 0.2) is 30.3 Å². The van der Waals surface area contributed by atoms with E-state index in [0.29, 0.717) is 5.56 Å². The molecule has 3 atom stereocenters. The number of carbonyl (C=O) groups excluding carboxylic acids is 1. The number of hydrogen-bond acceptors (Lipinski definition) is 4. The molecular formula is C15H20N2O4. The van der Waals surface area contributed by atoms with Crippen molar-refractivity contribution in [2.75, 3.05) is 20.3 Å². The molecule has 1 amide bonds. The molecule has 3 N–H and O–H groups in total. The van der Waals surface area contributed by atoms with E-state index >= 15 is 0 Å². The van der Waals surface area contributed by atoms with Crippen LogP contribution in [0, 0.1) is 5.92 Å². The molecule has 1 heterocycles.